The van der Waals surface area contributed by atoms with E-state index < -0.39 is 0 Å². The number of nitrogens with zero attached hydrogens (tertiary/aromatic N) is 2. The molecule has 3 unspecified atom stereocenters. The Bertz CT molecular complexity index is 417. The number of hydrogen-bond acceptors (Lipinski definition) is 2. The normalized spacial score (nSPS) is 30.5. The second-order valence-corrected chi connectivity index (χ2v) is 5.37. The fourth-order valence-corrected chi connectivity index (χ4v) is 3.46. The highest BCUT2D eigenvalue weighted by atomic mass is 16.2. The zero-order chi connectivity index (χ0) is 11.8. The van der Waals surface area contributed by atoms with Crippen molar-refractivity contribution in [1.82, 2.24) is 4.98 Å². The van der Waals surface area contributed by atoms with Crippen molar-refractivity contribution < 1.29 is 4.79 Å². The molecule has 1 aromatic rings. The van der Waals surface area contributed by atoms with Gasteiger partial charge in [0.05, 0.1) is 0 Å². The molecule has 0 aliphatic heterocycles. The molecule has 3 heteroatoms. The molecule has 1 amide bonds. The van der Waals surface area contributed by atoms with Crippen LogP contribution in [0.5, 0.6) is 0 Å². The minimum absolute atomic E-state index is 0.251. The highest BCUT2D eigenvalue weighted by molar-refractivity contribution is 5.94. The molecule has 2 aliphatic carbocycles. The summed E-state index contributed by atoms with van der Waals surface area (Å²) in [6, 6.07) is 5.69. The maximum Gasteiger partial charge on any atom is 0.231 e. The van der Waals surface area contributed by atoms with Crippen LogP contribution in [0.2, 0.25) is 0 Å². The molecule has 3 rings (SSSR count). The van der Waals surface area contributed by atoms with Crippen molar-refractivity contribution in [2.45, 2.75) is 25.7 Å². The monoisotopic (exact) mass is 230 g/mol. The molecule has 0 radical (unpaired) electrons. The summed E-state index contributed by atoms with van der Waals surface area (Å²) >= 11 is 0. The Morgan fingerprint density at radius 3 is 2.82 bits per heavy atom. The van der Waals surface area contributed by atoms with Crippen LogP contribution in [-0.2, 0) is 4.79 Å². The summed E-state index contributed by atoms with van der Waals surface area (Å²) in [7, 11) is 1.84. The van der Waals surface area contributed by atoms with Gasteiger partial charge in [0.2, 0.25) is 5.91 Å². The standard InChI is InChI=1S/C14H18N2O/c1-16(13-4-2-3-7-15-13)14(17)12-9-10-5-6-11(12)8-10/h2-4,7,10-12H,5-6,8-9H2,1H3. The largest absolute Gasteiger partial charge is 0.300 e. The summed E-state index contributed by atoms with van der Waals surface area (Å²) < 4.78 is 0. The van der Waals surface area contributed by atoms with Crippen LogP contribution in [0.1, 0.15) is 25.7 Å². The first-order valence-corrected chi connectivity index (χ1v) is 6.44. The first kappa shape index (κ1) is 10.8. The van der Waals surface area contributed by atoms with Crippen LogP contribution in [0, 0.1) is 17.8 Å². The fraction of sp³-hybridized carbons (Fsp3) is 0.571. The summed E-state index contributed by atoms with van der Waals surface area (Å²) in [5, 5.41) is 0. The summed E-state index contributed by atoms with van der Waals surface area (Å²) in [4.78, 5) is 18.4. The molecule has 0 spiro atoms. The van der Waals surface area contributed by atoms with Gasteiger partial charge in [0.1, 0.15) is 5.82 Å². The zero-order valence-electron chi connectivity index (χ0n) is 10.2. The van der Waals surface area contributed by atoms with E-state index in [2.05, 4.69) is 4.98 Å². The molecule has 3 atom stereocenters. The van der Waals surface area contributed by atoms with E-state index >= 15 is 0 Å². The first-order chi connectivity index (χ1) is 8.25. The molecule has 90 valence electrons. The van der Waals surface area contributed by atoms with E-state index in [0.717, 1.165) is 18.2 Å². The SMILES string of the molecule is CN(C(=O)C1CC2CCC1C2)c1ccccn1. The molecule has 2 aliphatic rings. The zero-order valence-corrected chi connectivity index (χ0v) is 10.2. The fourth-order valence-electron chi connectivity index (χ4n) is 3.46. The number of hydrogen-bond donors (Lipinski definition) is 0. The van der Waals surface area contributed by atoms with E-state index in [4.69, 9.17) is 0 Å². The minimum atomic E-state index is 0.251. The summed E-state index contributed by atoms with van der Waals surface area (Å²) in [5.41, 5.74) is 0. The van der Waals surface area contributed by atoms with Crippen molar-refractivity contribution in [3.63, 3.8) is 0 Å². The van der Waals surface area contributed by atoms with Crippen molar-refractivity contribution in [1.29, 1.82) is 0 Å². The maximum absolute atomic E-state index is 12.4. The first-order valence-electron chi connectivity index (χ1n) is 6.44. The Morgan fingerprint density at radius 2 is 2.24 bits per heavy atom. The molecule has 0 saturated heterocycles. The van der Waals surface area contributed by atoms with Crippen LogP contribution in [0.4, 0.5) is 5.82 Å². The smallest absolute Gasteiger partial charge is 0.231 e. The molecule has 0 N–H and O–H groups in total. The molecule has 0 aromatic carbocycles. The van der Waals surface area contributed by atoms with Gasteiger partial charge in [-0.2, -0.15) is 0 Å². The van der Waals surface area contributed by atoms with Gasteiger partial charge < -0.3 is 0 Å². The molecular weight excluding hydrogens is 212 g/mol. The third-order valence-corrected chi connectivity index (χ3v) is 4.38. The number of amides is 1. The van der Waals surface area contributed by atoms with Crippen molar-refractivity contribution >= 4 is 11.7 Å². The quantitative estimate of drug-likeness (QED) is 0.782. The molecule has 2 saturated carbocycles. The van der Waals surface area contributed by atoms with Gasteiger partial charge in [-0.1, -0.05) is 12.5 Å². The van der Waals surface area contributed by atoms with Crippen molar-refractivity contribution in [3.05, 3.63) is 24.4 Å². The molecular formula is C14H18N2O. The molecule has 2 fully saturated rings. The average molecular weight is 230 g/mol. The second kappa shape index (κ2) is 4.13. The van der Waals surface area contributed by atoms with Crippen molar-refractivity contribution in [2.75, 3.05) is 11.9 Å². The number of carbonyl (C=O) groups is 1. The summed E-state index contributed by atoms with van der Waals surface area (Å²) in [6.45, 7) is 0. The molecule has 1 aromatic heterocycles. The minimum Gasteiger partial charge on any atom is -0.300 e. The van der Waals surface area contributed by atoms with Crippen LogP contribution in [0.15, 0.2) is 24.4 Å². The van der Waals surface area contributed by atoms with E-state index in [-0.39, 0.29) is 11.8 Å². The van der Waals surface area contributed by atoms with Crippen LogP contribution in [0.3, 0.4) is 0 Å². The second-order valence-electron chi connectivity index (χ2n) is 5.37. The van der Waals surface area contributed by atoms with Gasteiger partial charge >= 0.3 is 0 Å². The molecule has 1 heterocycles. The lowest BCUT2D eigenvalue weighted by Gasteiger charge is -2.25. The summed E-state index contributed by atoms with van der Waals surface area (Å²) in [5.74, 6) is 2.72. The van der Waals surface area contributed by atoms with Gasteiger partial charge in [0.15, 0.2) is 0 Å². The summed E-state index contributed by atoms with van der Waals surface area (Å²) in [6.07, 6.45) is 6.69. The van der Waals surface area contributed by atoms with Crippen LogP contribution >= 0.6 is 0 Å². The predicted molar refractivity (Wildman–Crippen MR) is 66.6 cm³/mol. The average Bonchev–Trinajstić information content (AvgIpc) is 3.00. The molecule has 2 bridgehead atoms. The third kappa shape index (κ3) is 1.84. The number of pyridine rings is 1. The lowest BCUT2D eigenvalue weighted by Crippen LogP contribution is -2.35. The number of anilines is 1. The lowest BCUT2D eigenvalue weighted by atomic mass is 9.88. The van der Waals surface area contributed by atoms with Crippen molar-refractivity contribution in [3.8, 4) is 0 Å². The number of rotatable bonds is 2. The van der Waals surface area contributed by atoms with Gasteiger partial charge in [0.25, 0.3) is 0 Å². The Balaban J connectivity index is 1.74. The van der Waals surface area contributed by atoms with Gasteiger partial charge in [-0.05, 0) is 43.2 Å². The van der Waals surface area contributed by atoms with E-state index in [9.17, 15) is 4.79 Å². The highest BCUT2D eigenvalue weighted by Gasteiger charge is 2.44. The van der Waals surface area contributed by atoms with Gasteiger partial charge in [0, 0.05) is 19.2 Å². The third-order valence-electron chi connectivity index (χ3n) is 4.38. The Hall–Kier alpha value is -1.38. The van der Waals surface area contributed by atoms with Crippen LogP contribution in [0.25, 0.3) is 0 Å². The number of fused-ring (bicyclic) bond motifs is 2. The van der Waals surface area contributed by atoms with Gasteiger partial charge in [-0.3, -0.25) is 9.69 Å². The van der Waals surface area contributed by atoms with Gasteiger partial charge in [-0.25, -0.2) is 4.98 Å². The Kier molecular flexibility index (Phi) is 2.61. The lowest BCUT2D eigenvalue weighted by molar-refractivity contribution is -0.123. The topological polar surface area (TPSA) is 33.2 Å². The molecule has 3 nitrogen and oxygen atoms in total. The molecule has 17 heavy (non-hydrogen) atoms. The highest BCUT2D eigenvalue weighted by Crippen LogP contribution is 2.48. The Morgan fingerprint density at radius 1 is 1.35 bits per heavy atom. The van der Waals surface area contributed by atoms with E-state index in [1.54, 1.807) is 11.1 Å². The van der Waals surface area contributed by atoms with Crippen LogP contribution in [-0.4, -0.2) is 17.9 Å². The van der Waals surface area contributed by atoms with E-state index in [1.807, 2.05) is 25.2 Å². The number of carbonyl (C=O) groups excluding carboxylic acids is 1. The predicted octanol–water partition coefficient (Wildman–Crippen LogP) is 2.48. The van der Waals surface area contributed by atoms with Crippen LogP contribution < -0.4 is 4.90 Å². The van der Waals surface area contributed by atoms with Crippen molar-refractivity contribution in [2.24, 2.45) is 17.8 Å². The van der Waals surface area contributed by atoms with E-state index in [0.29, 0.717) is 5.92 Å². The van der Waals surface area contributed by atoms with Gasteiger partial charge in [-0.15, -0.1) is 0 Å². The Labute approximate surface area is 102 Å². The number of aromatic nitrogens is 1. The van der Waals surface area contributed by atoms with E-state index in [1.165, 1.54) is 19.3 Å². The maximum atomic E-state index is 12.4.